The lowest BCUT2D eigenvalue weighted by Gasteiger charge is -2.23. The zero-order valence-electron chi connectivity index (χ0n) is 12.7. The molecule has 0 saturated heterocycles. The van der Waals surface area contributed by atoms with Crippen LogP contribution in [0.3, 0.4) is 0 Å². The molecule has 1 aromatic carbocycles. The topological polar surface area (TPSA) is 28.7 Å². The summed E-state index contributed by atoms with van der Waals surface area (Å²) in [6.45, 7) is 9.23. The molecular weight excluding hydrogens is 264 g/mol. The summed E-state index contributed by atoms with van der Waals surface area (Å²) in [5.41, 5.74) is 3.99. The maximum Gasteiger partial charge on any atom is 0.137 e. The molecule has 2 heterocycles. The number of hydrogen-bond acceptors (Lipinski definition) is 2. The highest BCUT2D eigenvalue weighted by molar-refractivity contribution is 7.99. The highest BCUT2D eigenvalue weighted by atomic mass is 32.2. The molecule has 0 radical (unpaired) electrons. The molecule has 1 aliphatic heterocycles. The predicted molar refractivity (Wildman–Crippen MR) is 87.4 cm³/mol. The largest absolute Gasteiger partial charge is 0.341 e. The molecule has 0 saturated carbocycles. The Kier molecular flexibility index (Phi) is 3.20. The van der Waals surface area contributed by atoms with Crippen LogP contribution in [0.25, 0.3) is 11.4 Å². The van der Waals surface area contributed by atoms with Crippen molar-refractivity contribution >= 4 is 11.8 Å². The van der Waals surface area contributed by atoms with Crippen LogP contribution in [0.15, 0.2) is 30.3 Å². The number of fused-ring (bicyclic) bond motifs is 1. The van der Waals surface area contributed by atoms with Gasteiger partial charge in [-0.2, -0.15) is 11.8 Å². The number of nitrogens with zero attached hydrogens (tertiary/aromatic N) is 1. The second-order valence-corrected chi connectivity index (χ2v) is 7.92. The van der Waals surface area contributed by atoms with Gasteiger partial charge in [-0.1, -0.05) is 58.0 Å². The Hall–Kier alpha value is -1.22. The summed E-state index contributed by atoms with van der Waals surface area (Å²) in [7, 11) is 0. The molecular formula is C17H22N2S. The monoisotopic (exact) mass is 286 g/mol. The quantitative estimate of drug-likeness (QED) is 0.843. The molecule has 2 aromatic rings. The van der Waals surface area contributed by atoms with Crippen molar-refractivity contribution in [3.63, 3.8) is 0 Å². The minimum absolute atomic E-state index is 0.122. The number of benzene rings is 1. The van der Waals surface area contributed by atoms with E-state index in [4.69, 9.17) is 4.98 Å². The number of nitrogens with one attached hydrogen (secondary N) is 1. The second kappa shape index (κ2) is 4.66. The van der Waals surface area contributed by atoms with E-state index in [1.807, 2.05) is 17.8 Å². The number of imidazole rings is 1. The summed E-state index contributed by atoms with van der Waals surface area (Å²) in [6.07, 6.45) is 0. The number of thioether (sulfide) groups is 1. The average molecular weight is 286 g/mol. The number of rotatable bonds is 1. The summed E-state index contributed by atoms with van der Waals surface area (Å²) in [6, 6.07) is 10.4. The molecule has 3 rings (SSSR count). The molecule has 0 amide bonds. The van der Waals surface area contributed by atoms with Crippen LogP contribution in [0.4, 0.5) is 0 Å². The van der Waals surface area contributed by atoms with Crippen LogP contribution < -0.4 is 0 Å². The summed E-state index contributed by atoms with van der Waals surface area (Å²) in [4.78, 5) is 8.57. The maximum atomic E-state index is 4.96. The minimum atomic E-state index is 0.122. The maximum absolute atomic E-state index is 4.96. The second-order valence-electron chi connectivity index (χ2n) is 6.94. The van der Waals surface area contributed by atoms with Crippen molar-refractivity contribution in [2.75, 3.05) is 11.5 Å². The van der Waals surface area contributed by atoms with Gasteiger partial charge in [-0.3, -0.25) is 0 Å². The average Bonchev–Trinajstić information content (AvgIpc) is 2.83. The third-order valence-corrected chi connectivity index (χ3v) is 5.85. The van der Waals surface area contributed by atoms with Crippen molar-refractivity contribution in [1.29, 1.82) is 0 Å². The number of aromatic nitrogens is 2. The van der Waals surface area contributed by atoms with Gasteiger partial charge in [0.25, 0.3) is 0 Å². The van der Waals surface area contributed by atoms with Crippen LogP contribution in [-0.4, -0.2) is 21.5 Å². The Balaban J connectivity index is 2.16. The van der Waals surface area contributed by atoms with Crippen LogP contribution in [0.5, 0.6) is 0 Å². The van der Waals surface area contributed by atoms with Crippen molar-refractivity contribution in [1.82, 2.24) is 9.97 Å². The lowest BCUT2D eigenvalue weighted by atomic mass is 9.82. The van der Waals surface area contributed by atoms with Crippen LogP contribution in [0.1, 0.15) is 39.1 Å². The van der Waals surface area contributed by atoms with Gasteiger partial charge in [0.15, 0.2) is 0 Å². The molecule has 3 heteroatoms. The zero-order chi connectivity index (χ0) is 14.4. The minimum Gasteiger partial charge on any atom is -0.341 e. The molecule has 1 aliphatic rings. The van der Waals surface area contributed by atoms with E-state index < -0.39 is 0 Å². The van der Waals surface area contributed by atoms with Crippen LogP contribution in [0, 0.1) is 0 Å². The van der Waals surface area contributed by atoms with E-state index in [1.165, 1.54) is 17.0 Å². The predicted octanol–water partition coefficient (Wildman–Crippen LogP) is 4.38. The fourth-order valence-electron chi connectivity index (χ4n) is 2.79. The van der Waals surface area contributed by atoms with Gasteiger partial charge in [-0.15, -0.1) is 0 Å². The smallest absolute Gasteiger partial charge is 0.137 e. The van der Waals surface area contributed by atoms with Gasteiger partial charge in [0.05, 0.1) is 5.69 Å². The molecule has 2 nitrogen and oxygen atoms in total. The van der Waals surface area contributed by atoms with Gasteiger partial charge in [-0.25, -0.2) is 4.98 Å². The molecule has 0 spiro atoms. The first-order valence-corrected chi connectivity index (χ1v) is 8.30. The normalized spacial score (nSPS) is 20.2. The Morgan fingerprint density at radius 2 is 1.65 bits per heavy atom. The van der Waals surface area contributed by atoms with Crippen molar-refractivity contribution in [3.05, 3.63) is 41.7 Å². The summed E-state index contributed by atoms with van der Waals surface area (Å²) < 4.78 is 0. The van der Waals surface area contributed by atoms with Gasteiger partial charge >= 0.3 is 0 Å². The van der Waals surface area contributed by atoms with Gasteiger partial charge in [0.1, 0.15) is 5.82 Å². The molecule has 20 heavy (non-hydrogen) atoms. The van der Waals surface area contributed by atoms with Gasteiger partial charge in [-0.05, 0) is 0 Å². The van der Waals surface area contributed by atoms with E-state index in [1.54, 1.807) is 0 Å². The first-order valence-electron chi connectivity index (χ1n) is 7.14. The fraction of sp³-hybridized carbons (Fsp3) is 0.471. The fourth-order valence-corrected chi connectivity index (χ4v) is 4.19. The van der Waals surface area contributed by atoms with E-state index in [0.29, 0.717) is 0 Å². The molecule has 0 unspecified atom stereocenters. The van der Waals surface area contributed by atoms with Gasteiger partial charge < -0.3 is 4.98 Å². The van der Waals surface area contributed by atoms with Crippen molar-refractivity contribution in [3.8, 4) is 11.4 Å². The number of H-pyrrole nitrogens is 1. The first-order chi connectivity index (χ1) is 9.40. The molecule has 0 fully saturated rings. The lowest BCUT2D eigenvalue weighted by molar-refractivity contribution is 0.539. The molecule has 1 N–H and O–H groups in total. The van der Waals surface area contributed by atoms with E-state index in [0.717, 1.165) is 17.3 Å². The molecule has 1 aromatic heterocycles. The molecule has 0 atom stereocenters. The Morgan fingerprint density at radius 1 is 1.00 bits per heavy atom. The van der Waals surface area contributed by atoms with Crippen molar-refractivity contribution < 1.29 is 0 Å². The van der Waals surface area contributed by atoms with Crippen molar-refractivity contribution in [2.45, 2.75) is 38.5 Å². The molecule has 106 valence electrons. The Morgan fingerprint density at radius 3 is 2.35 bits per heavy atom. The molecule has 0 bridgehead atoms. The van der Waals surface area contributed by atoms with E-state index in [9.17, 15) is 0 Å². The Bertz CT molecular complexity index is 578. The van der Waals surface area contributed by atoms with Crippen LogP contribution >= 0.6 is 11.8 Å². The highest BCUT2D eigenvalue weighted by Gasteiger charge is 2.38. The Labute approximate surface area is 125 Å². The lowest BCUT2D eigenvalue weighted by Crippen LogP contribution is -2.24. The zero-order valence-corrected chi connectivity index (χ0v) is 13.5. The van der Waals surface area contributed by atoms with Gasteiger partial charge in [0.2, 0.25) is 0 Å². The third-order valence-electron chi connectivity index (χ3n) is 3.99. The standard InChI is InChI=1S/C17H22N2S/c1-16(2)10-20-11-17(3,4)14-13(16)18-15(19-14)12-8-6-5-7-9-12/h5-9H,10-11H2,1-4H3,(H,18,19). The summed E-state index contributed by atoms with van der Waals surface area (Å²) in [5.74, 6) is 3.27. The molecule has 0 aliphatic carbocycles. The SMILES string of the molecule is CC1(C)CSCC(C)(C)c2[nH]c(-c3ccccc3)nc21. The van der Waals surface area contributed by atoms with Crippen LogP contribution in [0.2, 0.25) is 0 Å². The highest BCUT2D eigenvalue weighted by Crippen LogP contribution is 2.41. The first kappa shape index (κ1) is 13.7. The van der Waals surface area contributed by atoms with Crippen LogP contribution in [-0.2, 0) is 10.8 Å². The van der Waals surface area contributed by atoms with E-state index >= 15 is 0 Å². The van der Waals surface area contributed by atoms with E-state index in [2.05, 4.69) is 56.9 Å². The third kappa shape index (κ3) is 2.28. The van der Waals surface area contributed by atoms with Crippen molar-refractivity contribution in [2.24, 2.45) is 0 Å². The summed E-state index contributed by atoms with van der Waals surface area (Å²) in [5, 5.41) is 0. The summed E-state index contributed by atoms with van der Waals surface area (Å²) >= 11 is 2.03. The number of hydrogen-bond donors (Lipinski definition) is 1. The number of aromatic amines is 1. The van der Waals surface area contributed by atoms with Gasteiger partial charge in [0, 0.05) is 33.6 Å². The van der Waals surface area contributed by atoms with E-state index in [-0.39, 0.29) is 10.8 Å².